The van der Waals surface area contributed by atoms with Crippen LogP contribution in [0.15, 0.2) is 35.3 Å². The minimum Gasteiger partial charge on any atom is -0.490 e. The number of benzene rings is 1. The van der Waals surface area contributed by atoms with Crippen LogP contribution in [0, 0.1) is 0 Å². The van der Waals surface area contributed by atoms with Gasteiger partial charge in [0.15, 0.2) is 5.96 Å². The van der Waals surface area contributed by atoms with Crippen LogP contribution in [0.3, 0.4) is 0 Å². The lowest BCUT2D eigenvalue weighted by atomic mass is 9.95. The monoisotopic (exact) mass is 514 g/mol. The smallest absolute Gasteiger partial charge is 0.242 e. The zero-order valence-electron chi connectivity index (χ0n) is 17.4. The van der Waals surface area contributed by atoms with Crippen LogP contribution in [-0.2, 0) is 4.79 Å². The highest BCUT2D eigenvalue weighted by Crippen LogP contribution is 2.19. The summed E-state index contributed by atoms with van der Waals surface area (Å²) in [5.74, 6) is 1.80. The summed E-state index contributed by atoms with van der Waals surface area (Å²) in [6.07, 6.45) is 8.07. The number of likely N-dealkylation sites (tertiary alicyclic amines) is 1. The second-order valence-corrected chi connectivity index (χ2v) is 7.69. The highest BCUT2D eigenvalue weighted by atomic mass is 127. The van der Waals surface area contributed by atoms with E-state index in [4.69, 9.17) is 4.74 Å². The fourth-order valence-corrected chi connectivity index (χ4v) is 3.97. The van der Waals surface area contributed by atoms with E-state index < -0.39 is 0 Å². The van der Waals surface area contributed by atoms with Crippen LogP contribution in [0.25, 0.3) is 0 Å². The first-order chi connectivity index (χ1) is 13.7. The molecule has 2 N–H and O–H groups in total. The highest BCUT2D eigenvalue weighted by molar-refractivity contribution is 14.0. The molecule has 1 aromatic rings. The van der Waals surface area contributed by atoms with E-state index in [0.717, 1.165) is 57.0 Å². The Morgan fingerprint density at radius 2 is 1.79 bits per heavy atom. The number of nitrogens with one attached hydrogen (secondary N) is 2. The molecule has 2 aliphatic rings. The van der Waals surface area contributed by atoms with Gasteiger partial charge in [0.25, 0.3) is 0 Å². The van der Waals surface area contributed by atoms with Gasteiger partial charge in [0, 0.05) is 38.5 Å². The molecule has 0 aromatic heterocycles. The molecule has 1 amide bonds. The average molecular weight is 514 g/mol. The van der Waals surface area contributed by atoms with Crippen molar-refractivity contribution in [2.75, 3.05) is 26.2 Å². The Balaban J connectivity index is 0.00000300. The van der Waals surface area contributed by atoms with Crippen LogP contribution in [0.4, 0.5) is 0 Å². The van der Waals surface area contributed by atoms with E-state index in [2.05, 4.69) is 27.4 Å². The Kier molecular flexibility index (Phi) is 10.6. The van der Waals surface area contributed by atoms with Crippen LogP contribution in [0.2, 0.25) is 0 Å². The fraction of sp³-hybridized carbons (Fsp3) is 0.636. The Bertz CT molecular complexity index is 627. The van der Waals surface area contributed by atoms with Gasteiger partial charge in [-0.1, -0.05) is 37.5 Å². The largest absolute Gasteiger partial charge is 0.490 e. The predicted octanol–water partition coefficient (Wildman–Crippen LogP) is 3.56. The van der Waals surface area contributed by atoms with Crippen molar-refractivity contribution < 1.29 is 9.53 Å². The molecule has 1 aliphatic carbocycles. The molecular formula is C22H35IN4O2. The maximum absolute atomic E-state index is 12.3. The molecule has 7 heteroatoms. The maximum atomic E-state index is 12.3. The number of hydrogen-bond donors (Lipinski definition) is 2. The summed E-state index contributed by atoms with van der Waals surface area (Å²) in [5, 5.41) is 6.47. The zero-order valence-corrected chi connectivity index (χ0v) is 19.8. The molecule has 0 unspecified atom stereocenters. The SMILES string of the molecule is CCNC(=NCC(=O)NC1CCCCC1)N1CCC(Oc2ccccc2)CC1.I. The van der Waals surface area contributed by atoms with Crippen molar-refractivity contribution in [3.8, 4) is 5.75 Å². The molecule has 0 bridgehead atoms. The Hall–Kier alpha value is -1.51. The van der Waals surface area contributed by atoms with Gasteiger partial charge in [-0.2, -0.15) is 0 Å². The Morgan fingerprint density at radius 3 is 2.45 bits per heavy atom. The summed E-state index contributed by atoms with van der Waals surface area (Å²) in [6.45, 7) is 4.81. The topological polar surface area (TPSA) is 66.0 Å². The number of guanidine groups is 1. The first-order valence-corrected chi connectivity index (χ1v) is 10.8. The van der Waals surface area contributed by atoms with Crippen molar-refractivity contribution in [1.29, 1.82) is 0 Å². The summed E-state index contributed by atoms with van der Waals surface area (Å²) in [5.41, 5.74) is 0. The van der Waals surface area contributed by atoms with Gasteiger partial charge in [-0.3, -0.25) is 4.79 Å². The van der Waals surface area contributed by atoms with E-state index in [-0.39, 0.29) is 42.5 Å². The minimum absolute atomic E-state index is 0. The first kappa shape index (κ1) is 23.8. The van der Waals surface area contributed by atoms with Gasteiger partial charge in [0.1, 0.15) is 18.4 Å². The van der Waals surface area contributed by atoms with Gasteiger partial charge < -0.3 is 20.3 Å². The number of halogens is 1. The molecule has 29 heavy (non-hydrogen) atoms. The number of ether oxygens (including phenoxy) is 1. The van der Waals surface area contributed by atoms with E-state index in [9.17, 15) is 4.79 Å². The van der Waals surface area contributed by atoms with Crippen LogP contribution in [0.1, 0.15) is 51.9 Å². The van der Waals surface area contributed by atoms with Gasteiger partial charge in [-0.15, -0.1) is 24.0 Å². The van der Waals surface area contributed by atoms with Gasteiger partial charge in [-0.25, -0.2) is 4.99 Å². The average Bonchev–Trinajstić information content (AvgIpc) is 2.73. The predicted molar refractivity (Wildman–Crippen MR) is 128 cm³/mol. The number of hydrogen-bond acceptors (Lipinski definition) is 3. The summed E-state index contributed by atoms with van der Waals surface area (Å²) >= 11 is 0. The highest BCUT2D eigenvalue weighted by Gasteiger charge is 2.23. The standard InChI is InChI=1S/C22H34N4O2.HI/c1-2-23-22(24-17-21(27)25-18-9-5-3-6-10-18)26-15-13-20(14-16-26)28-19-11-7-4-8-12-19;/h4,7-8,11-12,18,20H,2-3,5-6,9-10,13-17H2,1H3,(H,23,24)(H,25,27);1H. The molecule has 162 valence electrons. The van der Waals surface area contributed by atoms with Crippen LogP contribution < -0.4 is 15.4 Å². The van der Waals surface area contributed by atoms with Gasteiger partial charge in [0.2, 0.25) is 5.91 Å². The van der Waals surface area contributed by atoms with E-state index in [1.165, 1.54) is 19.3 Å². The van der Waals surface area contributed by atoms with Crippen molar-refractivity contribution in [2.45, 2.75) is 64.0 Å². The lowest BCUT2D eigenvalue weighted by Crippen LogP contribution is -2.48. The number of amides is 1. The summed E-state index contributed by atoms with van der Waals surface area (Å²) in [4.78, 5) is 19.1. The molecule has 2 fully saturated rings. The summed E-state index contributed by atoms with van der Waals surface area (Å²) in [7, 11) is 0. The number of carbonyl (C=O) groups is 1. The summed E-state index contributed by atoms with van der Waals surface area (Å²) in [6, 6.07) is 10.3. The van der Waals surface area contributed by atoms with Gasteiger partial charge in [0.05, 0.1) is 0 Å². The number of aliphatic imine (C=N–C) groups is 1. The van der Waals surface area contributed by atoms with Crippen LogP contribution in [0.5, 0.6) is 5.75 Å². The zero-order chi connectivity index (χ0) is 19.6. The number of piperidine rings is 1. The van der Waals surface area contributed by atoms with E-state index in [1.54, 1.807) is 0 Å². The lowest BCUT2D eigenvalue weighted by Gasteiger charge is -2.34. The molecule has 3 rings (SSSR count). The minimum atomic E-state index is 0. The second kappa shape index (κ2) is 12.9. The molecule has 1 heterocycles. The first-order valence-electron chi connectivity index (χ1n) is 10.8. The second-order valence-electron chi connectivity index (χ2n) is 7.69. The molecular weight excluding hydrogens is 479 g/mol. The van der Waals surface area contributed by atoms with Crippen molar-refractivity contribution in [3.63, 3.8) is 0 Å². The molecule has 1 saturated carbocycles. The van der Waals surface area contributed by atoms with Crippen LogP contribution in [-0.4, -0.2) is 55.1 Å². The lowest BCUT2D eigenvalue weighted by molar-refractivity contribution is -0.120. The van der Waals surface area contributed by atoms with Crippen LogP contribution >= 0.6 is 24.0 Å². The molecule has 0 spiro atoms. The van der Waals surface area contributed by atoms with Gasteiger partial charge >= 0.3 is 0 Å². The molecule has 6 nitrogen and oxygen atoms in total. The van der Waals surface area contributed by atoms with Crippen molar-refractivity contribution in [2.24, 2.45) is 4.99 Å². The van der Waals surface area contributed by atoms with Gasteiger partial charge in [-0.05, 0) is 31.9 Å². The Labute approximate surface area is 191 Å². The van der Waals surface area contributed by atoms with E-state index in [1.807, 2.05) is 30.3 Å². The number of rotatable bonds is 6. The molecule has 1 saturated heterocycles. The third-order valence-corrected chi connectivity index (χ3v) is 5.47. The number of nitrogens with zero attached hydrogens (tertiary/aromatic N) is 2. The normalized spacial score (nSPS) is 18.7. The molecule has 0 atom stereocenters. The third kappa shape index (κ3) is 8.03. The summed E-state index contributed by atoms with van der Waals surface area (Å²) < 4.78 is 6.08. The molecule has 1 aromatic carbocycles. The molecule has 0 radical (unpaired) electrons. The van der Waals surface area contributed by atoms with Crippen molar-refractivity contribution in [3.05, 3.63) is 30.3 Å². The fourth-order valence-electron chi connectivity index (χ4n) is 3.97. The van der Waals surface area contributed by atoms with Crippen molar-refractivity contribution in [1.82, 2.24) is 15.5 Å². The molecule has 1 aliphatic heterocycles. The Morgan fingerprint density at radius 1 is 1.10 bits per heavy atom. The van der Waals surface area contributed by atoms with E-state index >= 15 is 0 Å². The van der Waals surface area contributed by atoms with Crippen molar-refractivity contribution >= 4 is 35.8 Å². The number of carbonyl (C=O) groups excluding carboxylic acids is 1. The maximum Gasteiger partial charge on any atom is 0.242 e. The third-order valence-electron chi connectivity index (χ3n) is 5.47. The number of para-hydroxylation sites is 1. The quantitative estimate of drug-likeness (QED) is 0.346. The van der Waals surface area contributed by atoms with E-state index in [0.29, 0.717) is 6.04 Å².